The molecule has 0 fully saturated rings. The molecule has 4 heteroatoms. The molecule has 0 amide bonds. The Balaban J connectivity index is 0.000000763. The Bertz CT molecular complexity index is 470. The van der Waals surface area contributed by atoms with Gasteiger partial charge in [-0.05, 0) is 23.0 Å². The molecule has 0 saturated carbocycles. The average Bonchev–Trinajstić information content (AvgIpc) is 2.36. The Morgan fingerprint density at radius 3 is 1.55 bits per heavy atom. The molecule has 0 aliphatic carbocycles. The number of ether oxygens (including phenoxy) is 1. The summed E-state index contributed by atoms with van der Waals surface area (Å²) in [6, 6.07) is 3.84. The minimum absolute atomic E-state index is 0.0986. The minimum atomic E-state index is -0.745. The van der Waals surface area contributed by atoms with Gasteiger partial charge in [-0.1, -0.05) is 48.5 Å². The molecule has 1 aromatic rings. The Hall–Kier alpha value is -1.71. The first kappa shape index (κ1) is 20.3. The van der Waals surface area contributed by atoms with Gasteiger partial charge in [-0.15, -0.1) is 0 Å². The third kappa shape index (κ3) is 5.96. The molecule has 0 atom stereocenters. The first-order chi connectivity index (χ1) is 9.84. The number of carboxylic acids is 1. The number of aliphatic carboxylic acids is 1. The number of hydrogen-bond acceptors (Lipinski definition) is 3. The molecular weight excluding hydrogens is 280 g/mol. The summed E-state index contributed by atoms with van der Waals surface area (Å²) in [5.74, 6) is 0.452. The molecule has 0 saturated heterocycles. The Morgan fingerprint density at radius 1 is 1.05 bits per heavy atom. The van der Waals surface area contributed by atoms with Crippen molar-refractivity contribution >= 4 is 5.97 Å². The fourth-order valence-electron chi connectivity index (χ4n) is 1.87. The second-order valence-electron chi connectivity index (χ2n) is 7.32. The van der Waals surface area contributed by atoms with Crippen LogP contribution >= 0.6 is 0 Å². The first-order valence-electron chi connectivity index (χ1n) is 7.48. The van der Waals surface area contributed by atoms with E-state index in [1.807, 2.05) is 12.1 Å². The van der Waals surface area contributed by atoms with Crippen molar-refractivity contribution < 1.29 is 19.7 Å². The van der Waals surface area contributed by atoms with E-state index in [0.29, 0.717) is 5.75 Å². The summed E-state index contributed by atoms with van der Waals surface area (Å²) in [6.45, 7) is 14.1. The maximum absolute atomic E-state index is 10.4. The van der Waals surface area contributed by atoms with E-state index in [-0.39, 0.29) is 17.3 Å². The van der Waals surface area contributed by atoms with Gasteiger partial charge in [-0.2, -0.15) is 0 Å². The highest BCUT2D eigenvalue weighted by Crippen LogP contribution is 2.41. The van der Waals surface area contributed by atoms with Crippen LogP contribution < -0.4 is 4.74 Å². The molecule has 0 aliphatic rings. The molecule has 1 aromatic carbocycles. The van der Waals surface area contributed by atoms with Crippen molar-refractivity contribution in [3.63, 3.8) is 0 Å². The second-order valence-corrected chi connectivity index (χ2v) is 7.32. The fraction of sp³-hybridized carbons (Fsp3) is 0.611. The summed E-state index contributed by atoms with van der Waals surface area (Å²) in [7, 11) is 1.66. The fourth-order valence-corrected chi connectivity index (χ4v) is 1.87. The quantitative estimate of drug-likeness (QED) is 0.845. The van der Waals surface area contributed by atoms with E-state index in [0.717, 1.165) is 16.9 Å². The van der Waals surface area contributed by atoms with Crippen LogP contribution in [0.5, 0.6) is 11.5 Å². The Kier molecular flexibility index (Phi) is 6.94. The molecule has 0 radical (unpaired) electrons. The lowest BCUT2D eigenvalue weighted by Gasteiger charge is -2.27. The molecule has 0 aliphatic heterocycles. The van der Waals surface area contributed by atoms with E-state index < -0.39 is 5.97 Å². The van der Waals surface area contributed by atoms with Gasteiger partial charge in [-0.25, -0.2) is 0 Å². The summed E-state index contributed by atoms with van der Waals surface area (Å²) >= 11 is 0. The SMILES string of the molecule is CCC(=O)O.COc1cc(C(C)(C)C)c(O)c(C(C)(C)C)c1. The van der Waals surface area contributed by atoms with Crippen molar-refractivity contribution in [1.29, 1.82) is 0 Å². The number of rotatable bonds is 2. The lowest BCUT2D eigenvalue weighted by molar-refractivity contribution is -0.136. The highest BCUT2D eigenvalue weighted by atomic mass is 16.5. The van der Waals surface area contributed by atoms with Gasteiger partial charge in [0, 0.05) is 17.5 Å². The number of phenols is 1. The molecule has 4 nitrogen and oxygen atoms in total. The normalized spacial score (nSPS) is 11.5. The minimum Gasteiger partial charge on any atom is -0.507 e. The summed E-state index contributed by atoms with van der Waals surface area (Å²) in [5, 5.41) is 18.1. The van der Waals surface area contributed by atoms with Crippen LogP contribution in [0.1, 0.15) is 66.0 Å². The van der Waals surface area contributed by atoms with Gasteiger partial charge in [0.25, 0.3) is 0 Å². The van der Waals surface area contributed by atoms with Crippen LogP contribution in [0, 0.1) is 0 Å². The molecule has 0 heterocycles. The molecule has 0 unspecified atom stereocenters. The number of phenolic OH excluding ortho intramolecular Hbond substituents is 1. The number of carbonyl (C=O) groups is 1. The van der Waals surface area contributed by atoms with Gasteiger partial charge in [0.1, 0.15) is 11.5 Å². The maximum Gasteiger partial charge on any atom is 0.303 e. The summed E-state index contributed by atoms with van der Waals surface area (Å²) in [5.41, 5.74) is 1.67. The van der Waals surface area contributed by atoms with Crippen LogP contribution in [-0.2, 0) is 15.6 Å². The number of hydrogen-bond donors (Lipinski definition) is 2. The van der Waals surface area contributed by atoms with Crippen LogP contribution in [0.15, 0.2) is 12.1 Å². The van der Waals surface area contributed by atoms with Gasteiger partial charge < -0.3 is 14.9 Å². The van der Waals surface area contributed by atoms with Gasteiger partial charge in [-0.3, -0.25) is 4.79 Å². The third-order valence-corrected chi connectivity index (χ3v) is 3.24. The zero-order chi connectivity index (χ0) is 17.7. The van der Waals surface area contributed by atoms with Crippen molar-refractivity contribution in [2.75, 3.05) is 7.11 Å². The van der Waals surface area contributed by atoms with Crippen molar-refractivity contribution in [1.82, 2.24) is 0 Å². The van der Waals surface area contributed by atoms with E-state index in [1.165, 1.54) is 0 Å². The zero-order valence-corrected chi connectivity index (χ0v) is 15.1. The average molecular weight is 310 g/mol. The van der Waals surface area contributed by atoms with Crippen LogP contribution in [0.3, 0.4) is 0 Å². The number of carboxylic acid groups (broad SMARTS) is 1. The van der Waals surface area contributed by atoms with Gasteiger partial charge in [0.2, 0.25) is 0 Å². The second kappa shape index (κ2) is 7.52. The van der Waals surface area contributed by atoms with Crippen molar-refractivity contribution in [3.8, 4) is 11.5 Å². The van der Waals surface area contributed by atoms with E-state index >= 15 is 0 Å². The standard InChI is InChI=1S/C15H24O2.C3H6O2/c1-14(2,3)11-8-10(17-7)9-12(13(11)16)15(4,5)6;1-2-3(4)5/h8-9,16H,1-7H3;2H2,1H3,(H,4,5). The van der Waals surface area contributed by atoms with Gasteiger partial charge >= 0.3 is 5.97 Å². The van der Waals surface area contributed by atoms with E-state index in [9.17, 15) is 9.90 Å². The molecule has 126 valence electrons. The van der Waals surface area contributed by atoms with E-state index in [4.69, 9.17) is 9.84 Å². The highest BCUT2D eigenvalue weighted by Gasteiger charge is 2.26. The number of methoxy groups -OCH3 is 1. The number of benzene rings is 1. The van der Waals surface area contributed by atoms with Crippen LogP contribution in [0.25, 0.3) is 0 Å². The summed E-state index contributed by atoms with van der Waals surface area (Å²) in [6.07, 6.45) is 0.222. The monoisotopic (exact) mass is 310 g/mol. The van der Waals surface area contributed by atoms with E-state index in [2.05, 4.69) is 41.5 Å². The third-order valence-electron chi connectivity index (χ3n) is 3.24. The predicted octanol–water partition coefficient (Wildman–Crippen LogP) is 4.48. The molecule has 0 spiro atoms. The van der Waals surface area contributed by atoms with Crippen molar-refractivity contribution in [2.24, 2.45) is 0 Å². The largest absolute Gasteiger partial charge is 0.507 e. The molecule has 0 aromatic heterocycles. The first-order valence-corrected chi connectivity index (χ1v) is 7.48. The maximum atomic E-state index is 10.4. The molecule has 22 heavy (non-hydrogen) atoms. The number of aromatic hydroxyl groups is 1. The van der Waals surface area contributed by atoms with Crippen molar-refractivity contribution in [2.45, 2.75) is 65.7 Å². The molecule has 2 N–H and O–H groups in total. The van der Waals surface area contributed by atoms with Gasteiger partial charge in [0.05, 0.1) is 7.11 Å². The summed E-state index contributed by atoms with van der Waals surface area (Å²) < 4.78 is 5.33. The summed E-state index contributed by atoms with van der Waals surface area (Å²) in [4.78, 5) is 9.37. The predicted molar refractivity (Wildman–Crippen MR) is 90.0 cm³/mol. The zero-order valence-electron chi connectivity index (χ0n) is 15.1. The smallest absolute Gasteiger partial charge is 0.303 e. The van der Waals surface area contributed by atoms with Crippen molar-refractivity contribution in [3.05, 3.63) is 23.3 Å². The lowest BCUT2D eigenvalue weighted by atomic mass is 9.79. The molecule has 0 bridgehead atoms. The topological polar surface area (TPSA) is 66.8 Å². The Morgan fingerprint density at radius 2 is 1.36 bits per heavy atom. The lowest BCUT2D eigenvalue weighted by Crippen LogP contribution is -2.17. The molecule has 1 rings (SSSR count). The van der Waals surface area contributed by atoms with Gasteiger partial charge in [0.15, 0.2) is 0 Å². The highest BCUT2D eigenvalue weighted by molar-refractivity contribution is 5.66. The Labute approximate surface area is 134 Å². The van der Waals surface area contributed by atoms with E-state index in [1.54, 1.807) is 14.0 Å². The van der Waals surface area contributed by atoms with Crippen LogP contribution in [-0.4, -0.2) is 23.3 Å². The van der Waals surface area contributed by atoms with Crippen LogP contribution in [0.4, 0.5) is 0 Å². The van der Waals surface area contributed by atoms with Crippen LogP contribution in [0.2, 0.25) is 0 Å². The molecular formula is C18H30O4.